The number of nitrogens with zero attached hydrogens (tertiary/aromatic N) is 2. The van der Waals surface area contributed by atoms with Crippen molar-refractivity contribution in [2.75, 3.05) is 13.1 Å². The summed E-state index contributed by atoms with van der Waals surface area (Å²) in [5, 5.41) is 14.6. The highest BCUT2D eigenvalue weighted by Crippen LogP contribution is 2.21. The molecule has 1 fully saturated rings. The van der Waals surface area contributed by atoms with E-state index in [1.54, 1.807) is 0 Å². The van der Waals surface area contributed by atoms with Crippen molar-refractivity contribution >= 4 is 35.9 Å². The molecule has 1 aliphatic heterocycles. The number of carbonyl (C=O) groups excluding carboxylic acids is 4. The number of carboxylic acid groups (broad SMARTS) is 1. The molecule has 1 heterocycles. The Morgan fingerprint density at radius 2 is 1.77 bits per heavy atom. The molecule has 0 saturated carbocycles. The van der Waals surface area contributed by atoms with Crippen LogP contribution in [0.15, 0.2) is 4.99 Å². The van der Waals surface area contributed by atoms with Gasteiger partial charge in [0.2, 0.25) is 17.7 Å². The number of nitrogens with one attached hydrogen (secondary N) is 2. The number of hydrogen-bond acceptors (Lipinski definition) is 6. The fraction of sp³-hybridized carbons (Fsp3) is 0.739. The van der Waals surface area contributed by atoms with E-state index in [1.165, 1.54) is 4.90 Å². The second-order valence-electron chi connectivity index (χ2n) is 8.82. The van der Waals surface area contributed by atoms with E-state index in [0.717, 1.165) is 12.8 Å². The van der Waals surface area contributed by atoms with E-state index in [9.17, 15) is 29.1 Å². The quantitative estimate of drug-likeness (QED) is 0.0843. The molecular formula is C23H40N6O6. The Morgan fingerprint density at radius 3 is 2.31 bits per heavy atom. The largest absolute Gasteiger partial charge is 0.481 e. The monoisotopic (exact) mass is 496 g/mol. The Kier molecular flexibility index (Phi) is 13.4. The summed E-state index contributed by atoms with van der Waals surface area (Å²) in [6.45, 7) is 4.48. The highest BCUT2D eigenvalue weighted by atomic mass is 16.4. The first-order chi connectivity index (χ1) is 16.6. The minimum atomic E-state index is -1.27. The van der Waals surface area contributed by atoms with Crippen molar-refractivity contribution in [1.82, 2.24) is 15.5 Å². The van der Waals surface area contributed by atoms with E-state index >= 15 is 0 Å². The van der Waals surface area contributed by atoms with Gasteiger partial charge >= 0.3 is 5.97 Å². The number of likely N-dealkylation sites (tertiary alicyclic amines) is 1. The third-order valence-electron chi connectivity index (χ3n) is 5.94. The number of nitrogens with two attached hydrogens (primary N) is 2. The fourth-order valence-corrected chi connectivity index (χ4v) is 4.24. The lowest BCUT2D eigenvalue weighted by molar-refractivity contribution is -0.146. The molecule has 0 radical (unpaired) electrons. The first-order valence-electron chi connectivity index (χ1n) is 12.3. The van der Waals surface area contributed by atoms with Crippen molar-refractivity contribution in [1.29, 1.82) is 0 Å². The molecular weight excluding hydrogens is 456 g/mol. The van der Waals surface area contributed by atoms with Gasteiger partial charge in [0.1, 0.15) is 18.4 Å². The molecule has 0 aromatic carbocycles. The average Bonchev–Trinajstić information content (AvgIpc) is 3.29. The lowest BCUT2D eigenvalue weighted by Crippen LogP contribution is -2.55. The summed E-state index contributed by atoms with van der Waals surface area (Å²) >= 11 is 0. The molecule has 3 amide bonds. The van der Waals surface area contributed by atoms with E-state index in [-0.39, 0.29) is 24.3 Å². The molecule has 12 heteroatoms. The highest BCUT2D eigenvalue weighted by molar-refractivity contribution is 5.95. The average molecular weight is 497 g/mol. The summed E-state index contributed by atoms with van der Waals surface area (Å²) in [6.07, 6.45) is 4.59. The third kappa shape index (κ3) is 10.3. The third-order valence-corrected chi connectivity index (χ3v) is 5.94. The summed E-state index contributed by atoms with van der Waals surface area (Å²) in [7, 11) is 0. The van der Waals surface area contributed by atoms with Gasteiger partial charge in [-0.25, -0.2) is 0 Å². The van der Waals surface area contributed by atoms with Crippen LogP contribution in [0.1, 0.15) is 71.6 Å². The summed E-state index contributed by atoms with van der Waals surface area (Å²) in [5.41, 5.74) is 10.5. The fourth-order valence-electron chi connectivity index (χ4n) is 4.24. The number of aliphatic imine (C=N–C) groups is 1. The van der Waals surface area contributed by atoms with Gasteiger partial charge < -0.3 is 36.9 Å². The zero-order valence-corrected chi connectivity index (χ0v) is 20.7. The molecule has 0 aliphatic carbocycles. The molecule has 1 saturated heterocycles. The Morgan fingerprint density at radius 1 is 1.11 bits per heavy atom. The maximum absolute atomic E-state index is 13.3. The summed E-state index contributed by atoms with van der Waals surface area (Å²) < 4.78 is 0. The van der Waals surface area contributed by atoms with E-state index < -0.39 is 42.3 Å². The van der Waals surface area contributed by atoms with Gasteiger partial charge in [-0.1, -0.05) is 26.7 Å². The van der Waals surface area contributed by atoms with E-state index in [2.05, 4.69) is 15.6 Å². The molecule has 0 aromatic heterocycles. The number of guanidine groups is 1. The number of aliphatic carboxylic acids is 1. The number of amides is 3. The zero-order chi connectivity index (χ0) is 26.4. The van der Waals surface area contributed by atoms with Gasteiger partial charge in [-0.15, -0.1) is 0 Å². The number of hydrogen-bond donors (Lipinski definition) is 5. The predicted octanol–water partition coefficient (Wildman–Crippen LogP) is -0.109. The molecule has 12 nitrogen and oxygen atoms in total. The van der Waals surface area contributed by atoms with Gasteiger partial charge in [-0.05, 0) is 38.5 Å². The lowest BCUT2D eigenvalue weighted by atomic mass is 9.96. The number of aldehydes is 1. The van der Waals surface area contributed by atoms with E-state index in [4.69, 9.17) is 11.5 Å². The topological polar surface area (TPSA) is 197 Å². The zero-order valence-electron chi connectivity index (χ0n) is 20.7. The van der Waals surface area contributed by atoms with Crippen LogP contribution in [0.4, 0.5) is 0 Å². The van der Waals surface area contributed by atoms with Gasteiger partial charge in [0.25, 0.3) is 0 Å². The first kappa shape index (κ1) is 29.9. The summed E-state index contributed by atoms with van der Waals surface area (Å²) in [4.78, 5) is 66.9. The van der Waals surface area contributed by atoms with Gasteiger partial charge in [0.05, 0.1) is 12.5 Å². The first-order valence-corrected chi connectivity index (χ1v) is 12.3. The lowest BCUT2D eigenvalue weighted by Gasteiger charge is -2.29. The maximum atomic E-state index is 13.3. The minimum absolute atomic E-state index is 0.0597. The van der Waals surface area contributed by atoms with E-state index in [0.29, 0.717) is 51.4 Å². The van der Waals surface area contributed by atoms with Crippen LogP contribution in [0.3, 0.4) is 0 Å². The normalized spacial score (nSPS) is 16.9. The minimum Gasteiger partial charge on any atom is -0.481 e. The van der Waals surface area contributed by atoms with Gasteiger partial charge in [-0.3, -0.25) is 24.2 Å². The Labute approximate surface area is 206 Å². The Balaban J connectivity index is 2.88. The van der Waals surface area contributed by atoms with Crippen LogP contribution in [0.5, 0.6) is 0 Å². The van der Waals surface area contributed by atoms with Crippen LogP contribution in [0.25, 0.3) is 0 Å². The molecule has 3 atom stereocenters. The highest BCUT2D eigenvalue weighted by Gasteiger charge is 2.39. The smallest absolute Gasteiger partial charge is 0.305 e. The Bertz CT molecular complexity index is 764. The molecule has 0 aromatic rings. The standard InChI is InChI=1S/C23H40N6O6/c1-3-7-15(8-4-2)20(33)28-17(13-19(31)32)22(35)29-12-6-10-18(29)21(34)27-16(14-30)9-5-11-26-23(24)25/h14-18H,3-13H2,1-2H3,(H,27,34)(H,28,33)(H,31,32)(H4,24,25,26)/t16-,17-,18-/m0/s1. The second kappa shape index (κ2) is 15.7. The van der Waals surface area contributed by atoms with Gasteiger partial charge in [-0.2, -0.15) is 0 Å². The number of carboxylic acids is 1. The van der Waals surface area contributed by atoms with Crippen molar-refractivity contribution in [2.45, 2.75) is 89.8 Å². The molecule has 1 rings (SSSR count). The second-order valence-corrected chi connectivity index (χ2v) is 8.82. The molecule has 35 heavy (non-hydrogen) atoms. The van der Waals surface area contributed by atoms with E-state index in [1.807, 2.05) is 13.8 Å². The summed E-state index contributed by atoms with van der Waals surface area (Å²) in [5.74, 6) is -3.05. The van der Waals surface area contributed by atoms with Gasteiger partial charge in [0.15, 0.2) is 5.96 Å². The molecule has 0 bridgehead atoms. The van der Waals surface area contributed by atoms with Gasteiger partial charge in [0, 0.05) is 19.0 Å². The Hall–Kier alpha value is -3.18. The molecule has 1 aliphatic rings. The molecule has 7 N–H and O–H groups in total. The molecule has 198 valence electrons. The van der Waals surface area contributed by atoms with Crippen LogP contribution in [-0.2, 0) is 24.0 Å². The maximum Gasteiger partial charge on any atom is 0.305 e. The van der Waals surface area contributed by atoms with Crippen LogP contribution in [-0.4, -0.2) is 77.2 Å². The number of rotatable bonds is 16. The van der Waals surface area contributed by atoms with Crippen molar-refractivity contribution in [3.05, 3.63) is 0 Å². The van der Waals surface area contributed by atoms with Crippen LogP contribution >= 0.6 is 0 Å². The van der Waals surface area contributed by atoms with Crippen molar-refractivity contribution in [3.63, 3.8) is 0 Å². The van der Waals surface area contributed by atoms with Crippen molar-refractivity contribution < 1.29 is 29.1 Å². The van der Waals surface area contributed by atoms with Crippen molar-refractivity contribution in [2.24, 2.45) is 22.4 Å². The van der Waals surface area contributed by atoms with Crippen LogP contribution in [0.2, 0.25) is 0 Å². The predicted molar refractivity (Wildman–Crippen MR) is 130 cm³/mol. The summed E-state index contributed by atoms with van der Waals surface area (Å²) in [6, 6.07) is -2.89. The number of carbonyl (C=O) groups is 5. The SMILES string of the molecule is CCCC(CCC)C(=O)N[C@@H](CC(=O)O)C(=O)N1CCC[C@H]1C(=O)N[C@H](C=O)CCCN=C(N)N. The van der Waals surface area contributed by atoms with Crippen molar-refractivity contribution in [3.8, 4) is 0 Å². The molecule has 0 unspecified atom stereocenters. The van der Waals surface area contributed by atoms with Crippen LogP contribution in [0, 0.1) is 5.92 Å². The molecule has 0 spiro atoms. The van der Waals surface area contributed by atoms with Crippen LogP contribution < -0.4 is 22.1 Å².